The number of fused-ring (bicyclic) bond motifs is 1. The van der Waals surface area contributed by atoms with Crippen molar-refractivity contribution in [3.63, 3.8) is 0 Å². The summed E-state index contributed by atoms with van der Waals surface area (Å²) in [6.07, 6.45) is 5.82. The third-order valence-corrected chi connectivity index (χ3v) is 7.63. The van der Waals surface area contributed by atoms with E-state index < -0.39 is 18.4 Å². The summed E-state index contributed by atoms with van der Waals surface area (Å²) in [5, 5.41) is 51.4. The summed E-state index contributed by atoms with van der Waals surface area (Å²) < 4.78 is 7.68. The lowest BCUT2D eigenvalue weighted by Crippen LogP contribution is -2.20. The van der Waals surface area contributed by atoms with E-state index in [0.29, 0.717) is 18.4 Å². The van der Waals surface area contributed by atoms with Crippen molar-refractivity contribution in [1.82, 2.24) is 9.55 Å². The molecule has 0 spiro atoms. The Morgan fingerprint density at radius 2 is 1.79 bits per heavy atom. The fourth-order valence-electron chi connectivity index (χ4n) is 5.27. The lowest BCUT2D eigenvalue weighted by atomic mass is 9.97. The van der Waals surface area contributed by atoms with Crippen molar-refractivity contribution in [2.24, 2.45) is 11.5 Å². The van der Waals surface area contributed by atoms with Crippen LogP contribution in [-0.4, -0.2) is 53.1 Å². The Kier molecular flexibility index (Phi) is 10.8. The molecule has 0 saturated carbocycles. The molecule has 4 aromatic rings. The molecule has 0 unspecified atom stereocenters. The summed E-state index contributed by atoms with van der Waals surface area (Å²) in [6.45, 7) is 1.91. The number of aryl methyl sites for hydroxylation is 1. The number of benzene rings is 2. The molecule has 0 fully saturated rings. The average molecular weight is 595 g/mol. The first-order valence-electron chi connectivity index (χ1n) is 14.5. The van der Waals surface area contributed by atoms with Crippen molar-refractivity contribution in [2.75, 3.05) is 0 Å². The SMILES string of the molecule is CCC[C@H](O)C[C@@H](O)CC(=O)CCc1cc(OCn2cc3[nH]cc(Cc4cc(C(N)N)ccc4CO)c3c2)c(O)cc1O. The van der Waals surface area contributed by atoms with Crippen molar-refractivity contribution in [3.05, 3.63) is 76.7 Å². The van der Waals surface area contributed by atoms with E-state index in [9.17, 15) is 30.3 Å². The Labute approximate surface area is 250 Å². The first-order chi connectivity index (χ1) is 20.6. The lowest BCUT2D eigenvalue weighted by molar-refractivity contribution is -0.121. The minimum Gasteiger partial charge on any atom is -0.508 e. The van der Waals surface area contributed by atoms with Gasteiger partial charge >= 0.3 is 0 Å². The van der Waals surface area contributed by atoms with Gasteiger partial charge in [-0.15, -0.1) is 0 Å². The molecule has 2 aromatic carbocycles. The van der Waals surface area contributed by atoms with Crippen LogP contribution >= 0.6 is 0 Å². The second-order valence-corrected chi connectivity index (χ2v) is 11.1. The number of hydrogen-bond donors (Lipinski definition) is 8. The minimum atomic E-state index is -0.916. The highest BCUT2D eigenvalue weighted by atomic mass is 16.5. The highest BCUT2D eigenvalue weighted by Gasteiger charge is 2.17. The number of ketones is 1. The minimum absolute atomic E-state index is 0.0704. The summed E-state index contributed by atoms with van der Waals surface area (Å²) >= 11 is 0. The first kappa shape index (κ1) is 32.1. The Morgan fingerprint density at radius 1 is 1.00 bits per heavy atom. The average Bonchev–Trinajstić information content (AvgIpc) is 3.53. The van der Waals surface area contributed by atoms with Crippen LogP contribution in [0.4, 0.5) is 0 Å². The number of nitrogens with zero attached hydrogens (tertiary/aromatic N) is 1. The molecular formula is C32H42N4O7. The second kappa shape index (κ2) is 14.5. The number of aromatic amines is 1. The molecule has 0 amide bonds. The zero-order valence-corrected chi connectivity index (χ0v) is 24.4. The highest BCUT2D eigenvalue weighted by Crippen LogP contribution is 2.34. The van der Waals surface area contributed by atoms with Crippen molar-refractivity contribution in [1.29, 1.82) is 0 Å². The summed E-state index contributed by atoms with van der Waals surface area (Å²) in [5.74, 6) is -0.422. The maximum Gasteiger partial charge on any atom is 0.165 e. The van der Waals surface area contributed by atoms with Crippen LogP contribution in [0.3, 0.4) is 0 Å². The van der Waals surface area contributed by atoms with Gasteiger partial charge in [0.2, 0.25) is 0 Å². The van der Waals surface area contributed by atoms with Gasteiger partial charge in [-0.3, -0.25) is 4.79 Å². The van der Waals surface area contributed by atoms with E-state index in [2.05, 4.69) is 4.98 Å². The van der Waals surface area contributed by atoms with Crippen molar-refractivity contribution in [2.45, 2.75) is 83.6 Å². The number of carbonyl (C=O) groups is 1. The van der Waals surface area contributed by atoms with Crippen LogP contribution in [0.15, 0.2) is 48.9 Å². The number of carbonyl (C=O) groups excluding carboxylic acids is 1. The molecule has 232 valence electrons. The van der Waals surface area contributed by atoms with Gasteiger partial charge in [-0.05, 0) is 59.6 Å². The number of phenols is 2. The number of H-pyrrole nitrogens is 1. The molecule has 0 radical (unpaired) electrons. The number of nitrogens with two attached hydrogens (primary N) is 2. The second-order valence-electron chi connectivity index (χ2n) is 11.1. The number of hydrogen-bond acceptors (Lipinski definition) is 9. The maximum atomic E-state index is 12.4. The summed E-state index contributed by atoms with van der Waals surface area (Å²) in [6, 6.07) is 8.25. The zero-order chi connectivity index (χ0) is 31.1. The molecule has 0 aliphatic heterocycles. The van der Waals surface area contributed by atoms with Crippen molar-refractivity contribution in [3.8, 4) is 17.2 Å². The van der Waals surface area contributed by atoms with Gasteiger partial charge < -0.3 is 51.3 Å². The smallest absolute Gasteiger partial charge is 0.165 e. The van der Waals surface area contributed by atoms with Crippen molar-refractivity contribution < 1.29 is 35.1 Å². The molecule has 2 atom stereocenters. The molecule has 4 rings (SSSR count). The Balaban J connectivity index is 1.39. The van der Waals surface area contributed by atoms with Gasteiger partial charge in [0.05, 0.1) is 30.5 Å². The van der Waals surface area contributed by atoms with E-state index >= 15 is 0 Å². The number of rotatable bonds is 16. The van der Waals surface area contributed by atoms with E-state index in [1.54, 1.807) is 0 Å². The maximum absolute atomic E-state index is 12.4. The number of Topliss-reactive ketones (excluding diaryl/α,β-unsaturated/α-hetero) is 1. The Hall–Kier alpha value is -3.87. The van der Waals surface area contributed by atoms with Crippen LogP contribution in [0, 0.1) is 0 Å². The molecule has 11 heteroatoms. The third kappa shape index (κ3) is 8.37. The number of nitrogens with one attached hydrogen (secondary N) is 1. The normalized spacial score (nSPS) is 13.1. The van der Waals surface area contributed by atoms with Gasteiger partial charge in [-0.2, -0.15) is 0 Å². The van der Waals surface area contributed by atoms with E-state index in [4.69, 9.17) is 16.2 Å². The van der Waals surface area contributed by atoms with Crippen LogP contribution < -0.4 is 16.2 Å². The van der Waals surface area contributed by atoms with Crippen LogP contribution in [0.2, 0.25) is 0 Å². The van der Waals surface area contributed by atoms with Crippen LogP contribution in [0.1, 0.15) is 73.0 Å². The summed E-state index contributed by atoms with van der Waals surface area (Å²) in [5.41, 5.74) is 16.5. The fraction of sp³-hybridized carbons (Fsp3) is 0.406. The largest absolute Gasteiger partial charge is 0.508 e. The van der Waals surface area contributed by atoms with Gasteiger partial charge in [0.15, 0.2) is 18.2 Å². The molecule has 11 nitrogen and oxygen atoms in total. The lowest BCUT2D eigenvalue weighted by Gasteiger charge is -2.15. The molecule has 2 heterocycles. The van der Waals surface area contributed by atoms with Gasteiger partial charge in [0.1, 0.15) is 11.5 Å². The monoisotopic (exact) mass is 594 g/mol. The topological polar surface area (TPSA) is 200 Å². The molecular weight excluding hydrogens is 552 g/mol. The summed E-state index contributed by atoms with van der Waals surface area (Å²) in [7, 11) is 0. The molecule has 43 heavy (non-hydrogen) atoms. The quantitative estimate of drug-likeness (QED) is 0.0897. The zero-order valence-electron chi connectivity index (χ0n) is 24.4. The van der Waals surface area contributed by atoms with Gasteiger partial charge in [0, 0.05) is 42.9 Å². The number of ether oxygens (including phenoxy) is 1. The molecule has 0 aliphatic rings. The van der Waals surface area contributed by atoms with Gasteiger partial charge in [-0.1, -0.05) is 31.5 Å². The first-order valence-corrected chi connectivity index (χ1v) is 14.5. The molecule has 10 N–H and O–H groups in total. The Bertz CT molecular complexity index is 1530. The predicted octanol–water partition coefficient (Wildman–Crippen LogP) is 3.22. The molecule has 2 aromatic heterocycles. The summed E-state index contributed by atoms with van der Waals surface area (Å²) in [4.78, 5) is 15.6. The van der Waals surface area contributed by atoms with Crippen LogP contribution in [0.5, 0.6) is 17.2 Å². The third-order valence-electron chi connectivity index (χ3n) is 7.63. The standard InChI is InChI=1S/C32H42N4O7/c1-2-3-24(38)11-26(40)12-25(39)7-6-19-10-31(30(42)13-29(19)41)43-18-36-15-27-23(14-35-28(27)16-36)9-22-8-20(32(33)34)4-5-21(22)17-37/h4-5,8,10,13-16,24,26,32,35,37-38,40-42H,2-3,6-7,9,11-12,17-18,33-34H2,1H3/t24-,26+/m0/s1. The number of aromatic hydroxyl groups is 2. The molecule has 0 aliphatic carbocycles. The highest BCUT2D eigenvalue weighted by molar-refractivity contribution is 5.83. The predicted molar refractivity (Wildman–Crippen MR) is 162 cm³/mol. The van der Waals surface area contributed by atoms with E-state index in [-0.39, 0.29) is 62.1 Å². The number of aromatic nitrogens is 2. The van der Waals surface area contributed by atoms with Crippen LogP contribution in [0.25, 0.3) is 10.9 Å². The molecule has 0 saturated heterocycles. The van der Waals surface area contributed by atoms with E-state index in [1.807, 2.05) is 48.3 Å². The number of aliphatic hydroxyl groups is 3. The van der Waals surface area contributed by atoms with Gasteiger partial charge in [-0.25, -0.2) is 0 Å². The number of phenolic OH excluding ortho intramolecular Hbond substituents is 2. The molecule has 0 bridgehead atoms. The van der Waals surface area contributed by atoms with Crippen molar-refractivity contribution >= 4 is 16.7 Å². The van der Waals surface area contributed by atoms with E-state index in [1.165, 1.54) is 12.1 Å². The van der Waals surface area contributed by atoms with E-state index in [0.717, 1.165) is 39.6 Å². The Morgan fingerprint density at radius 3 is 2.51 bits per heavy atom. The fourth-order valence-corrected chi connectivity index (χ4v) is 5.27. The van der Waals surface area contributed by atoms with Gasteiger partial charge in [0.25, 0.3) is 0 Å². The van der Waals surface area contributed by atoms with Crippen LogP contribution in [-0.2, 0) is 31.0 Å². The number of aliphatic hydroxyl groups excluding tert-OH is 3.